The van der Waals surface area contributed by atoms with Crippen molar-refractivity contribution in [1.29, 1.82) is 0 Å². The maximum absolute atomic E-state index is 6.55. The Kier molecular flexibility index (Phi) is 7.64. The van der Waals surface area contributed by atoms with Gasteiger partial charge in [0.15, 0.2) is 17.5 Å². The standard InChI is InChI=1S/C51H31N3OS/c1-4-12-32(13-5-1)34-20-22-36(23-21-34)50-52-49(35-16-8-3-9-17-35)53-51(54-50)38-24-26-40-43-28-37(25-27-45(43)55-46(40)31-38)42-29-39(33-14-6-2-7-15-33)30-44-41-18-10-11-19-47(41)56-48(42)44/h1-31H. The van der Waals surface area contributed by atoms with Crippen molar-refractivity contribution in [2.24, 2.45) is 0 Å². The molecule has 0 fully saturated rings. The number of hydrogen-bond donors (Lipinski definition) is 0. The molecule has 3 aromatic heterocycles. The summed E-state index contributed by atoms with van der Waals surface area (Å²) in [4.78, 5) is 15.0. The van der Waals surface area contributed by atoms with Crippen LogP contribution in [0.5, 0.6) is 0 Å². The second kappa shape index (κ2) is 13.3. The highest BCUT2D eigenvalue weighted by molar-refractivity contribution is 7.26. The summed E-state index contributed by atoms with van der Waals surface area (Å²) in [7, 11) is 0. The van der Waals surface area contributed by atoms with Gasteiger partial charge in [-0.3, -0.25) is 0 Å². The summed E-state index contributed by atoms with van der Waals surface area (Å²) >= 11 is 1.85. The second-order valence-corrected chi connectivity index (χ2v) is 15.1. The summed E-state index contributed by atoms with van der Waals surface area (Å²) in [5, 5.41) is 4.69. The van der Waals surface area contributed by atoms with Gasteiger partial charge >= 0.3 is 0 Å². The lowest BCUT2D eigenvalue weighted by molar-refractivity contribution is 0.669. The van der Waals surface area contributed by atoms with E-state index in [0.717, 1.165) is 49.8 Å². The van der Waals surface area contributed by atoms with Crippen molar-refractivity contribution in [2.75, 3.05) is 0 Å². The predicted molar refractivity (Wildman–Crippen MR) is 233 cm³/mol. The molecule has 5 heteroatoms. The van der Waals surface area contributed by atoms with Gasteiger partial charge in [-0.25, -0.2) is 15.0 Å². The molecule has 262 valence electrons. The molecule has 0 aliphatic rings. The first kappa shape index (κ1) is 32.2. The largest absolute Gasteiger partial charge is 0.456 e. The summed E-state index contributed by atoms with van der Waals surface area (Å²) in [6.45, 7) is 0. The first-order chi connectivity index (χ1) is 27.7. The molecule has 0 aliphatic heterocycles. The van der Waals surface area contributed by atoms with Crippen molar-refractivity contribution in [3.05, 3.63) is 188 Å². The lowest BCUT2D eigenvalue weighted by Gasteiger charge is -2.09. The molecule has 3 heterocycles. The van der Waals surface area contributed by atoms with Crippen LogP contribution in [0.2, 0.25) is 0 Å². The third kappa shape index (κ3) is 5.65. The number of nitrogens with zero attached hydrogens (tertiary/aromatic N) is 3. The SMILES string of the molecule is c1ccc(-c2ccc(-c3nc(-c4ccccc4)nc(-c4ccc5c(c4)oc4ccc(-c6cc(-c7ccccc7)cc7c6sc6ccccc67)cc45)n3)cc2)cc1. The van der Waals surface area contributed by atoms with E-state index in [-0.39, 0.29) is 0 Å². The third-order valence-corrected chi connectivity index (χ3v) is 11.8. The average Bonchev–Trinajstić information content (AvgIpc) is 3.84. The van der Waals surface area contributed by atoms with E-state index < -0.39 is 0 Å². The van der Waals surface area contributed by atoms with Crippen molar-refractivity contribution in [2.45, 2.75) is 0 Å². The molecule has 0 aliphatic carbocycles. The van der Waals surface area contributed by atoms with Gasteiger partial charge in [0.25, 0.3) is 0 Å². The summed E-state index contributed by atoms with van der Waals surface area (Å²) < 4.78 is 9.13. The van der Waals surface area contributed by atoms with Crippen molar-refractivity contribution in [3.63, 3.8) is 0 Å². The monoisotopic (exact) mass is 733 g/mol. The zero-order valence-electron chi connectivity index (χ0n) is 30.1. The molecule has 4 nitrogen and oxygen atoms in total. The molecule has 8 aromatic carbocycles. The number of thiophene rings is 1. The molecule has 11 rings (SSSR count). The maximum Gasteiger partial charge on any atom is 0.164 e. The zero-order chi connectivity index (χ0) is 37.0. The van der Waals surface area contributed by atoms with Crippen molar-refractivity contribution in [3.8, 4) is 67.5 Å². The quantitative estimate of drug-likeness (QED) is 0.171. The van der Waals surface area contributed by atoms with Gasteiger partial charge in [0.05, 0.1) is 0 Å². The van der Waals surface area contributed by atoms with E-state index in [9.17, 15) is 0 Å². The minimum atomic E-state index is 0.592. The number of hydrogen-bond acceptors (Lipinski definition) is 5. The summed E-state index contributed by atoms with van der Waals surface area (Å²) in [5.74, 6) is 1.83. The molecule has 56 heavy (non-hydrogen) atoms. The molecule has 0 spiro atoms. The van der Waals surface area contributed by atoms with Crippen LogP contribution in [0.25, 0.3) is 110 Å². The van der Waals surface area contributed by atoms with Crippen LogP contribution in [0, 0.1) is 0 Å². The molecule has 0 saturated carbocycles. The van der Waals surface area contributed by atoms with Gasteiger partial charge in [0.2, 0.25) is 0 Å². The number of rotatable bonds is 6. The van der Waals surface area contributed by atoms with Crippen LogP contribution in [-0.4, -0.2) is 15.0 Å². The van der Waals surface area contributed by atoms with Gasteiger partial charge in [-0.1, -0.05) is 146 Å². The number of furan rings is 1. The number of aromatic nitrogens is 3. The van der Waals surface area contributed by atoms with Gasteiger partial charge in [-0.05, 0) is 70.3 Å². The predicted octanol–water partition coefficient (Wildman–Crippen LogP) is 14.1. The Balaban J connectivity index is 1.02. The lowest BCUT2D eigenvalue weighted by Crippen LogP contribution is -2.00. The molecule has 0 bridgehead atoms. The van der Waals surface area contributed by atoms with Gasteiger partial charge in [0, 0.05) is 53.2 Å². The molecular weight excluding hydrogens is 703 g/mol. The van der Waals surface area contributed by atoms with Crippen LogP contribution in [0.15, 0.2) is 192 Å². The Bertz CT molecular complexity index is 3230. The smallest absolute Gasteiger partial charge is 0.164 e. The molecule has 0 unspecified atom stereocenters. The highest BCUT2D eigenvalue weighted by atomic mass is 32.1. The van der Waals surface area contributed by atoms with Crippen LogP contribution >= 0.6 is 11.3 Å². The van der Waals surface area contributed by atoms with Gasteiger partial charge in [-0.15, -0.1) is 11.3 Å². The van der Waals surface area contributed by atoms with Crippen LogP contribution < -0.4 is 0 Å². The summed E-state index contributed by atoms with van der Waals surface area (Å²) in [6.07, 6.45) is 0. The Morgan fingerprint density at radius 2 is 0.839 bits per heavy atom. The normalized spacial score (nSPS) is 11.6. The van der Waals surface area contributed by atoms with Crippen LogP contribution in [0.4, 0.5) is 0 Å². The highest BCUT2D eigenvalue weighted by Gasteiger charge is 2.18. The fraction of sp³-hybridized carbons (Fsp3) is 0. The van der Waals surface area contributed by atoms with Crippen molar-refractivity contribution in [1.82, 2.24) is 15.0 Å². The van der Waals surface area contributed by atoms with Gasteiger partial charge in [-0.2, -0.15) is 0 Å². The fourth-order valence-corrected chi connectivity index (χ4v) is 8.94. The molecule has 0 amide bonds. The fourth-order valence-electron chi connectivity index (χ4n) is 7.72. The highest BCUT2D eigenvalue weighted by Crippen LogP contribution is 2.44. The summed E-state index contributed by atoms with van der Waals surface area (Å²) in [6, 6.07) is 65.7. The van der Waals surface area contributed by atoms with Crippen molar-refractivity contribution < 1.29 is 4.42 Å². The van der Waals surface area contributed by atoms with E-state index in [1.165, 1.54) is 42.4 Å². The van der Waals surface area contributed by atoms with Crippen LogP contribution in [-0.2, 0) is 0 Å². The van der Waals surface area contributed by atoms with E-state index in [0.29, 0.717) is 17.5 Å². The molecular formula is C51H31N3OS. The Morgan fingerprint density at radius 3 is 1.55 bits per heavy atom. The van der Waals surface area contributed by atoms with E-state index in [1.54, 1.807) is 0 Å². The van der Waals surface area contributed by atoms with Crippen molar-refractivity contribution >= 4 is 53.4 Å². The Hall–Kier alpha value is -7.21. The average molecular weight is 734 g/mol. The zero-order valence-corrected chi connectivity index (χ0v) is 30.9. The second-order valence-electron chi connectivity index (χ2n) is 14.0. The van der Waals surface area contributed by atoms with E-state index in [1.807, 2.05) is 47.7 Å². The maximum atomic E-state index is 6.55. The molecule has 0 radical (unpaired) electrons. The first-order valence-corrected chi connectivity index (χ1v) is 19.5. The topological polar surface area (TPSA) is 51.8 Å². The van der Waals surface area contributed by atoms with E-state index >= 15 is 0 Å². The minimum Gasteiger partial charge on any atom is -0.456 e. The molecule has 11 aromatic rings. The Morgan fingerprint density at radius 1 is 0.321 bits per heavy atom. The summed E-state index contributed by atoms with van der Waals surface area (Å²) in [5.41, 5.74) is 11.4. The van der Waals surface area contributed by atoms with E-state index in [2.05, 4.69) is 152 Å². The number of benzene rings is 8. The number of fused-ring (bicyclic) bond motifs is 6. The first-order valence-electron chi connectivity index (χ1n) is 18.7. The molecule has 0 N–H and O–H groups in total. The van der Waals surface area contributed by atoms with Crippen LogP contribution in [0.3, 0.4) is 0 Å². The Labute approximate surface area is 327 Å². The van der Waals surface area contributed by atoms with E-state index in [4.69, 9.17) is 19.4 Å². The minimum absolute atomic E-state index is 0.592. The third-order valence-electron chi connectivity index (χ3n) is 10.5. The van der Waals surface area contributed by atoms with Gasteiger partial charge < -0.3 is 4.42 Å². The lowest BCUT2D eigenvalue weighted by atomic mass is 9.95. The molecule has 0 atom stereocenters. The van der Waals surface area contributed by atoms with Crippen LogP contribution in [0.1, 0.15) is 0 Å². The molecule has 0 saturated heterocycles. The van der Waals surface area contributed by atoms with Gasteiger partial charge in [0.1, 0.15) is 11.2 Å².